The quantitative estimate of drug-likeness (QED) is 0.488. The van der Waals surface area contributed by atoms with Crippen LogP contribution in [0.3, 0.4) is 0 Å². The Morgan fingerprint density at radius 1 is 1.13 bits per heavy atom. The SMILES string of the molecule is Cc1cc(C)cc(-n2ccnc2SCC(=O)N(C)CC(=O)Nc2c(Cl)cccc2Cl)c1. The predicted octanol–water partition coefficient (Wildman–Crippen LogP) is 4.99. The molecule has 1 aromatic heterocycles. The number of imidazole rings is 1. The van der Waals surface area contributed by atoms with Crippen molar-refractivity contribution in [2.24, 2.45) is 0 Å². The van der Waals surface area contributed by atoms with E-state index in [0.29, 0.717) is 20.9 Å². The summed E-state index contributed by atoms with van der Waals surface area (Å²) in [5.41, 5.74) is 3.64. The van der Waals surface area contributed by atoms with Gasteiger partial charge in [-0.3, -0.25) is 14.2 Å². The van der Waals surface area contributed by atoms with E-state index in [4.69, 9.17) is 23.2 Å². The molecule has 31 heavy (non-hydrogen) atoms. The van der Waals surface area contributed by atoms with E-state index in [1.54, 1.807) is 31.4 Å². The molecule has 0 saturated heterocycles. The van der Waals surface area contributed by atoms with Gasteiger partial charge in [-0.1, -0.05) is 47.1 Å². The van der Waals surface area contributed by atoms with Crippen LogP contribution < -0.4 is 5.32 Å². The lowest BCUT2D eigenvalue weighted by Crippen LogP contribution is -2.36. The molecule has 162 valence electrons. The van der Waals surface area contributed by atoms with Crippen molar-refractivity contribution in [3.63, 3.8) is 0 Å². The normalized spacial score (nSPS) is 10.7. The number of anilines is 1. The standard InChI is InChI=1S/C22H22Cl2N4O2S/c1-14-9-15(2)11-16(10-14)28-8-7-25-22(28)31-13-20(30)27(3)12-19(29)26-21-17(23)5-4-6-18(21)24/h4-11H,12-13H2,1-3H3,(H,26,29). The molecule has 0 aliphatic carbocycles. The van der Waals surface area contributed by atoms with Crippen LogP contribution in [-0.2, 0) is 9.59 Å². The number of hydrogen-bond donors (Lipinski definition) is 1. The van der Waals surface area contributed by atoms with Crippen molar-refractivity contribution >= 4 is 52.5 Å². The van der Waals surface area contributed by atoms with Gasteiger partial charge in [-0.25, -0.2) is 4.98 Å². The van der Waals surface area contributed by atoms with E-state index in [1.807, 2.05) is 24.6 Å². The number of amides is 2. The first-order valence-electron chi connectivity index (χ1n) is 9.47. The lowest BCUT2D eigenvalue weighted by Gasteiger charge is -2.17. The largest absolute Gasteiger partial charge is 0.336 e. The summed E-state index contributed by atoms with van der Waals surface area (Å²) in [7, 11) is 1.58. The van der Waals surface area contributed by atoms with Gasteiger partial charge in [0.2, 0.25) is 11.8 Å². The first-order chi connectivity index (χ1) is 14.7. The number of carbonyl (C=O) groups excluding carboxylic acids is 2. The number of benzene rings is 2. The molecule has 1 heterocycles. The number of aryl methyl sites for hydroxylation is 2. The minimum atomic E-state index is -0.382. The molecule has 6 nitrogen and oxygen atoms in total. The predicted molar refractivity (Wildman–Crippen MR) is 126 cm³/mol. The topological polar surface area (TPSA) is 67.2 Å². The van der Waals surface area contributed by atoms with E-state index >= 15 is 0 Å². The van der Waals surface area contributed by atoms with Crippen LogP contribution in [0.5, 0.6) is 0 Å². The summed E-state index contributed by atoms with van der Waals surface area (Å²) in [4.78, 5) is 30.6. The van der Waals surface area contributed by atoms with E-state index in [1.165, 1.54) is 16.7 Å². The number of likely N-dealkylation sites (N-methyl/N-ethyl adjacent to an activating group) is 1. The molecule has 0 fully saturated rings. The maximum absolute atomic E-state index is 12.6. The lowest BCUT2D eigenvalue weighted by atomic mass is 10.1. The summed E-state index contributed by atoms with van der Waals surface area (Å²) in [5, 5.41) is 4.04. The number of halogens is 2. The smallest absolute Gasteiger partial charge is 0.244 e. The molecule has 9 heteroatoms. The Bertz CT molecular complexity index is 1080. The van der Waals surface area contributed by atoms with Crippen LogP contribution in [0.15, 0.2) is 53.9 Å². The molecular weight excluding hydrogens is 455 g/mol. The van der Waals surface area contributed by atoms with Crippen LogP contribution >= 0.6 is 35.0 Å². The number of nitrogens with zero attached hydrogens (tertiary/aromatic N) is 3. The molecule has 3 rings (SSSR count). The molecule has 1 N–H and O–H groups in total. The Balaban J connectivity index is 1.59. The van der Waals surface area contributed by atoms with E-state index in [0.717, 1.165) is 16.8 Å². The fourth-order valence-corrected chi connectivity index (χ4v) is 4.42. The van der Waals surface area contributed by atoms with Gasteiger partial charge in [0.05, 0.1) is 28.0 Å². The van der Waals surface area contributed by atoms with Crippen LogP contribution in [-0.4, -0.2) is 45.6 Å². The third-order valence-corrected chi connectivity index (χ3v) is 6.03. The molecular formula is C22H22Cl2N4O2S. The summed E-state index contributed by atoms with van der Waals surface area (Å²) < 4.78 is 1.95. The summed E-state index contributed by atoms with van der Waals surface area (Å²) in [6.45, 7) is 3.96. The van der Waals surface area contributed by atoms with Gasteiger partial charge in [0.25, 0.3) is 0 Å². The van der Waals surface area contributed by atoms with Crippen molar-refractivity contribution in [1.29, 1.82) is 0 Å². The molecule has 0 unspecified atom stereocenters. The van der Waals surface area contributed by atoms with Crippen LogP contribution in [0.2, 0.25) is 10.0 Å². The fraction of sp³-hybridized carbons (Fsp3) is 0.227. The van der Waals surface area contributed by atoms with Crippen molar-refractivity contribution in [1.82, 2.24) is 14.5 Å². The van der Waals surface area contributed by atoms with Crippen LogP contribution in [0, 0.1) is 13.8 Å². The average molecular weight is 477 g/mol. The molecule has 0 bridgehead atoms. The number of hydrogen-bond acceptors (Lipinski definition) is 4. The molecule has 0 saturated carbocycles. The van der Waals surface area contributed by atoms with Gasteiger partial charge in [0, 0.05) is 25.1 Å². The molecule has 2 aromatic carbocycles. The zero-order chi connectivity index (χ0) is 22.5. The molecule has 0 radical (unpaired) electrons. The lowest BCUT2D eigenvalue weighted by molar-refractivity contribution is -0.131. The minimum absolute atomic E-state index is 0.119. The highest BCUT2D eigenvalue weighted by molar-refractivity contribution is 7.99. The number of nitrogens with one attached hydrogen (secondary N) is 1. The first kappa shape index (κ1) is 23.2. The Kier molecular flexibility index (Phi) is 7.64. The van der Waals surface area contributed by atoms with Crippen molar-refractivity contribution in [3.05, 3.63) is 70.0 Å². The number of rotatable bonds is 7. The maximum atomic E-state index is 12.6. The zero-order valence-electron chi connectivity index (χ0n) is 17.4. The third-order valence-electron chi connectivity index (χ3n) is 4.45. The van der Waals surface area contributed by atoms with Gasteiger partial charge < -0.3 is 10.2 Å². The van der Waals surface area contributed by atoms with Gasteiger partial charge in [0.1, 0.15) is 0 Å². The minimum Gasteiger partial charge on any atom is -0.336 e. The van der Waals surface area contributed by atoms with Gasteiger partial charge >= 0.3 is 0 Å². The van der Waals surface area contributed by atoms with Gasteiger partial charge in [-0.15, -0.1) is 0 Å². The fourth-order valence-electron chi connectivity index (χ4n) is 3.02. The van der Waals surface area contributed by atoms with Crippen molar-refractivity contribution < 1.29 is 9.59 Å². The third kappa shape index (κ3) is 6.03. The molecule has 2 amide bonds. The molecule has 0 atom stereocenters. The van der Waals surface area contributed by atoms with E-state index in [9.17, 15) is 9.59 Å². The van der Waals surface area contributed by atoms with Crippen molar-refractivity contribution in [2.45, 2.75) is 19.0 Å². The monoisotopic (exact) mass is 476 g/mol. The van der Waals surface area contributed by atoms with Crippen LogP contribution in [0.25, 0.3) is 5.69 Å². The summed E-state index contributed by atoms with van der Waals surface area (Å²) in [6, 6.07) is 11.2. The highest BCUT2D eigenvalue weighted by Gasteiger charge is 2.17. The molecule has 0 aliphatic heterocycles. The number of aromatic nitrogens is 2. The Hall–Kier alpha value is -2.48. The molecule has 3 aromatic rings. The van der Waals surface area contributed by atoms with Crippen molar-refractivity contribution in [2.75, 3.05) is 24.7 Å². The maximum Gasteiger partial charge on any atom is 0.244 e. The van der Waals surface area contributed by atoms with E-state index in [2.05, 4.69) is 28.5 Å². The van der Waals surface area contributed by atoms with Crippen LogP contribution in [0.4, 0.5) is 5.69 Å². The van der Waals surface area contributed by atoms with Gasteiger partial charge in [0.15, 0.2) is 5.16 Å². The highest BCUT2D eigenvalue weighted by Crippen LogP contribution is 2.29. The van der Waals surface area contributed by atoms with Gasteiger partial charge in [-0.05, 0) is 49.2 Å². The summed E-state index contributed by atoms with van der Waals surface area (Å²) >= 11 is 13.5. The Morgan fingerprint density at radius 3 is 2.42 bits per heavy atom. The highest BCUT2D eigenvalue weighted by atomic mass is 35.5. The Morgan fingerprint density at radius 2 is 1.77 bits per heavy atom. The average Bonchev–Trinajstić information content (AvgIpc) is 3.17. The Labute approximate surface area is 195 Å². The second-order valence-electron chi connectivity index (χ2n) is 7.11. The number of carbonyl (C=O) groups is 2. The molecule has 0 spiro atoms. The van der Waals surface area contributed by atoms with Crippen LogP contribution in [0.1, 0.15) is 11.1 Å². The number of thioether (sulfide) groups is 1. The summed E-state index contributed by atoms with van der Waals surface area (Å²) in [6.07, 6.45) is 3.57. The second kappa shape index (κ2) is 10.2. The second-order valence-corrected chi connectivity index (χ2v) is 8.87. The zero-order valence-corrected chi connectivity index (χ0v) is 19.7. The first-order valence-corrected chi connectivity index (χ1v) is 11.2. The van der Waals surface area contributed by atoms with E-state index in [-0.39, 0.29) is 24.1 Å². The summed E-state index contributed by atoms with van der Waals surface area (Å²) in [5.74, 6) is -0.425. The molecule has 0 aliphatic rings. The van der Waals surface area contributed by atoms with E-state index < -0.39 is 0 Å². The van der Waals surface area contributed by atoms with Gasteiger partial charge in [-0.2, -0.15) is 0 Å². The van der Waals surface area contributed by atoms with Crippen molar-refractivity contribution in [3.8, 4) is 5.69 Å². The number of para-hydroxylation sites is 1.